The monoisotopic (exact) mass is 342 g/mol. The molecule has 0 saturated carbocycles. The third-order valence-electron chi connectivity index (χ3n) is 4.04. The predicted octanol–water partition coefficient (Wildman–Crippen LogP) is 2.74. The second-order valence-electron chi connectivity index (χ2n) is 5.58. The molecule has 1 aromatic heterocycles. The van der Waals surface area contributed by atoms with Crippen molar-refractivity contribution in [2.75, 3.05) is 6.54 Å². The molecule has 2 heterocycles. The number of amides is 1. The topological polar surface area (TPSA) is 51.0 Å². The highest BCUT2D eigenvalue weighted by atomic mass is 19.4. The molecule has 24 heavy (non-hydrogen) atoms. The van der Waals surface area contributed by atoms with Crippen LogP contribution in [0.25, 0.3) is 0 Å². The van der Waals surface area contributed by atoms with Crippen molar-refractivity contribution in [3.63, 3.8) is 0 Å². The Morgan fingerprint density at radius 1 is 1.33 bits per heavy atom. The molecule has 1 atom stereocenters. The van der Waals surface area contributed by atoms with Gasteiger partial charge < -0.3 is 4.90 Å². The maximum Gasteiger partial charge on any atom is 0.419 e. The van der Waals surface area contributed by atoms with Crippen molar-refractivity contribution in [1.82, 2.24) is 19.9 Å². The Labute approximate surface area is 134 Å². The largest absolute Gasteiger partial charge is 0.419 e. The van der Waals surface area contributed by atoms with Crippen molar-refractivity contribution in [3.05, 3.63) is 47.5 Å². The normalized spacial score (nSPS) is 18.2. The molecule has 1 aliphatic rings. The fourth-order valence-corrected chi connectivity index (χ4v) is 2.91. The molecule has 9 heteroatoms. The van der Waals surface area contributed by atoms with Crippen molar-refractivity contribution in [2.24, 2.45) is 0 Å². The van der Waals surface area contributed by atoms with Crippen molar-refractivity contribution in [1.29, 1.82) is 0 Å². The van der Waals surface area contributed by atoms with Gasteiger partial charge in [0.2, 0.25) is 0 Å². The van der Waals surface area contributed by atoms with Crippen LogP contribution >= 0.6 is 0 Å². The number of hydrogen-bond acceptors (Lipinski definition) is 3. The van der Waals surface area contributed by atoms with Gasteiger partial charge in [0.1, 0.15) is 5.82 Å². The van der Waals surface area contributed by atoms with E-state index in [0.717, 1.165) is 12.1 Å². The van der Waals surface area contributed by atoms with Gasteiger partial charge in [0, 0.05) is 12.7 Å². The van der Waals surface area contributed by atoms with E-state index in [1.54, 1.807) is 10.9 Å². The Morgan fingerprint density at radius 3 is 2.79 bits per heavy atom. The standard InChI is InChI=1S/C15H14F4N4O/c16-13-11(4-1-5-12(13)15(17,18)19)14(24)23-7-2-3-10(23)9-22-8-6-20-21-22/h1,4-6,8,10H,2-3,7,9H2/t10-/m0/s1. The maximum atomic E-state index is 14.2. The number of nitrogens with zero attached hydrogens (tertiary/aromatic N) is 4. The van der Waals surface area contributed by atoms with E-state index in [4.69, 9.17) is 0 Å². The molecule has 1 saturated heterocycles. The van der Waals surface area contributed by atoms with Gasteiger partial charge in [-0.2, -0.15) is 13.2 Å². The molecule has 0 unspecified atom stereocenters. The Kier molecular flexibility index (Phi) is 4.25. The molecule has 0 aliphatic carbocycles. The number of likely N-dealkylation sites (tertiary alicyclic amines) is 1. The van der Waals surface area contributed by atoms with E-state index >= 15 is 0 Å². The SMILES string of the molecule is O=C(c1cccc(C(F)(F)F)c1F)N1CCC[C@H]1Cn1ccnn1. The van der Waals surface area contributed by atoms with E-state index in [1.807, 2.05) is 0 Å². The zero-order chi connectivity index (χ0) is 17.3. The summed E-state index contributed by atoms with van der Waals surface area (Å²) in [6, 6.07) is 2.50. The second kappa shape index (κ2) is 6.21. The molecular weight excluding hydrogens is 328 g/mol. The predicted molar refractivity (Wildman–Crippen MR) is 75.5 cm³/mol. The van der Waals surface area contributed by atoms with Crippen molar-refractivity contribution >= 4 is 5.91 Å². The van der Waals surface area contributed by atoms with Crippen LogP contribution in [0.1, 0.15) is 28.8 Å². The van der Waals surface area contributed by atoms with Crippen LogP contribution in [-0.2, 0) is 12.7 Å². The van der Waals surface area contributed by atoms with Gasteiger partial charge in [0.15, 0.2) is 0 Å². The van der Waals surface area contributed by atoms with Gasteiger partial charge in [0.25, 0.3) is 5.91 Å². The number of carbonyl (C=O) groups excluding carboxylic acids is 1. The molecule has 1 amide bonds. The van der Waals surface area contributed by atoms with Crippen LogP contribution in [0.2, 0.25) is 0 Å². The van der Waals surface area contributed by atoms with Gasteiger partial charge in [-0.25, -0.2) is 4.39 Å². The van der Waals surface area contributed by atoms with E-state index in [9.17, 15) is 22.4 Å². The minimum absolute atomic E-state index is 0.256. The van der Waals surface area contributed by atoms with Crippen LogP contribution in [0.3, 0.4) is 0 Å². The first-order valence-corrected chi connectivity index (χ1v) is 7.38. The molecule has 1 fully saturated rings. The summed E-state index contributed by atoms with van der Waals surface area (Å²) < 4.78 is 54.2. The van der Waals surface area contributed by atoms with E-state index in [1.165, 1.54) is 11.1 Å². The minimum Gasteiger partial charge on any atom is -0.334 e. The molecule has 2 aromatic rings. The fourth-order valence-electron chi connectivity index (χ4n) is 2.91. The van der Waals surface area contributed by atoms with Gasteiger partial charge in [-0.1, -0.05) is 11.3 Å². The first-order valence-electron chi connectivity index (χ1n) is 7.38. The van der Waals surface area contributed by atoms with Crippen molar-refractivity contribution < 1.29 is 22.4 Å². The third kappa shape index (κ3) is 3.10. The summed E-state index contributed by atoms with van der Waals surface area (Å²) in [4.78, 5) is 14.0. The first-order chi connectivity index (χ1) is 11.4. The molecule has 0 bridgehead atoms. The van der Waals surface area contributed by atoms with E-state index in [0.29, 0.717) is 32.0 Å². The smallest absolute Gasteiger partial charge is 0.334 e. The lowest BCUT2D eigenvalue weighted by atomic mass is 10.1. The number of halogens is 4. The molecular formula is C15H14F4N4O. The Hall–Kier alpha value is -2.45. The number of hydrogen-bond donors (Lipinski definition) is 0. The van der Waals surface area contributed by atoms with Crippen molar-refractivity contribution in [2.45, 2.75) is 31.6 Å². The Morgan fingerprint density at radius 2 is 2.12 bits per heavy atom. The molecule has 128 valence electrons. The Balaban J connectivity index is 1.86. The number of rotatable bonds is 3. The first kappa shape index (κ1) is 16.4. The lowest BCUT2D eigenvalue weighted by Gasteiger charge is -2.25. The summed E-state index contributed by atoms with van der Waals surface area (Å²) >= 11 is 0. The highest BCUT2D eigenvalue weighted by molar-refractivity contribution is 5.95. The highest BCUT2D eigenvalue weighted by Gasteiger charge is 2.37. The van der Waals surface area contributed by atoms with E-state index < -0.39 is 29.0 Å². The number of benzene rings is 1. The van der Waals surface area contributed by atoms with E-state index in [-0.39, 0.29) is 6.04 Å². The lowest BCUT2D eigenvalue weighted by Crippen LogP contribution is -2.38. The summed E-state index contributed by atoms with van der Waals surface area (Å²) in [6.45, 7) is 0.736. The highest BCUT2D eigenvalue weighted by Crippen LogP contribution is 2.33. The molecule has 3 rings (SSSR count). The molecule has 0 spiro atoms. The van der Waals surface area contributed by atoms with Crippen LogP contribution in [0.5, 0.6) is 0 Å². The molecule has 5 nitrogen and oxygen atoms in total. The average Bonchev–Trinajstić information content (AvgIpc) is 3.18. The van der Waals surface area contributed by atoms with Gasteiger partial charge in [-0.15, -0.1) is 5.10 Å². The second-order valence-corrected chi connectivity index (χ2v) is 5.58. The lowest BCUT2D eigenvalue weighted by molar-refractivity contribution is -0.140. The third-order valence-corrected chi connectivity index (χ3v) is 4.04. The van der Waals surface area contributed by atoms with Gasteiger partial charge in [0.05, 0.1) is 29.9 Å². The molecule has 0 radical (unpaired) electrons. The number of alkyl halides is 3. The van der Waals surface area contributed by atoms with Crippen LogP contribution in [0.15, 0.2) is 30.6 Å². The summed E-state index contributed by atoms with van der Waals surface area (Å²) in [7, 11) is 0. The molecule has 0 N–H and O–H groups in total. The quantitative estimate of drug-likeness (QED) is 0.806. The summed E-state index contributed by atoms with van der Waals surface area (Å²) in [5.74, 6) is -2.26. The summed E-state index contributed by atoms with van der Waals surface area (Å²) in [5.41, 5.74) is -1.99. The Bertz CT molecular complexity index is 730. The summed E-state index contributed by atoms with van der Waals surface area (Å²) in [6.07, 6.45) is -0.344. The van der Waals surface area contributed by atoms with Crippen molar-refractivity contribution in [3.8, 4) is 0 Å². The van der Waals surface area contributed by atoms with Gasteiger partial charge >= 0.3 is 6.18 Å². The van der Waals surface area contributed by atoms with Crippen LogP contribution < -0.4 is 0 Å². The zero-order valence-corrected chi connectivity index (χ0v) is 12.5. The minimum atomic E-state index is -4.84. The zero-order valence-electron chi connectivity index (χ0n) is 12.5. The molecule has 1 aromatic carbocycles. The van der Waals surface area contributed by atoms with Crippen LogP contribution in [0.4, 0.5) is 17.6 Å². The fraction of sp³-hybridized carbons (Fsp3) is 0.400. The van der Waals surface area contributed by atoms with Gasteiger partial charge in [-0.3, -0.25) is 9.48 Å². The van der Waals surface area contributed by atoms with Crippen LogP contribution in [0, 0.1) is 5.82 Å². The summed E-state index contributed by atoms with van der Waals surface area (Å²) in [5, 5.41) is 7.49. The average molecular weight is 342 g/mol. The number of carbonyl (C=O) groups is 1. The van der Waals surface area contributed by atoms with Gasteiger partial charge in [-0.05, 0) is 25.0 Å². The number of aromatic nitrogens is 3. The van der Waals surface area contributed by atoms with Crippen LogP contribution in [-0.4, -0.2) is 38.4 Å². The molecule has 1 aliphatic heterocycles. The maximum absolute atomic E-state index is 14.2. The van der Waals surface area contributed by atoms with E-state index in [2.05, 4.69) is 10.3 Å².